The summed E-state index contributed by atoms with van der Waals surface area (Å²) in [6, 6.07) is 0. The molecule has 0 atom stereocenters. The van der Waals surface area contributed by atoms with Gasteiger partial charge in [-0.1, -0.05) is 0 Å². The predicted molar refractivity (Wildman–Crippen MR) is 62.5 cm³/mol. The van der Waals surface area contributed by atoms with Gasteiger partial charge in [-0.3, -0.25) is 4.79 Å². The summed E-state index contributed by atoms with van der Waals surface area (Å²) in [4.78, 5) is 11.5. The fraction of sp³-hybridized carbons (Fsp3) is 0.917. The van der Waals surface area contributed by atoms with Crippen LogP contribution in [-0.4, -0.2) is 43.7 Å². The molecule has 0 radical (unpaired) electrons. The maximum absolute atomic E-state index is 11.5. The lowest BCUT2D eigenvalue weighted by Crippen LogP contribution is -2.46. The van der Waals surface area contributed by atoms with E-state index in [-0.39, 0.29) is 11.4 Å². The van der Waals surface area contributed by atoms with Crippen LogP contribution in [0.25, 0.3) is 0 Å². The highest BCUT2D eigenvalue weighted by Crippen LogP contribution is 2.15. The molecule has 0 aliphatic heterocycles. The summed E-state index contributed by atoms with van der Waals surface area (Å²) in [5, 5.41) is 0. The summed E-state index contributed by atoms with van der Waals surface area (Å²) in [5.41, 5.74) is -0.387. The predicted octanol–water partition coefficient (Wildman–Crippen LogP) is 2.06. The molecule has 0 aliphatic rings. The number of esters is 1. The number of carbonyl (C=O) groups is 1. The van der Waals surface area contributed by atoms with Crippen LogP contribution in [0.3, 0.4) is 0 Å². The quantitative estimate of drug-likeness (QED) is 0.519. The normalized spacial score (nSPS) is 12.7. The van der Waals surface area contributed by atoms with Gasteiger partial charge in [-0.25, -0.2) is 0 Å². The van der Waals surface area contributed by atoms with Gasteiger partial charge in [-0.2, -0.15) is 0 Å². The van der Waals surface area contributed by atoms with Gasteiger partial charge in [0.15, 0.2) is 0 Å². The van der Waals surface area contributed by atoms with E-state index in [4.69, 9.17) is 4.74 Å². The molecule has 0 aromatic carbocycles. The molecule has 0 unspecified atom stereocenters. The Morgan fingerprint density at radius 1 is 1.20 bits per heavy atom. The second kappa shape index (κ2) is 5.50. The number of hydrogen-bond donors (Lipinski definition) is 0. The van der Waals surface area contributed by atoms with E-state index in [1.807, 2.05) is 20.8 Å². The molecule has 0 aliphatic carbocycles. The maximum atomic E-state index is 11.5. The van der Waals surface area contributed by atoms with Crippen molar-refractivity contribution < 1.29 is 14.0 Å². The molecule has 0 aromatic heterocycles. The van der Waals surface area contributed by atoms with E-state index in [1.54, 1.807) is 0 Å². The molecule has 0 spiro atoms. The highest BCUT2D eigenvalue weighted by Gasteiger charge is 2.24. The summed E-state index contributed by atoms with van der Waals surface area (Å²) >= 11 is 0. The van der Waals surface area contributed by atoms with Crippen LogP contribution in [0, 0.1) is 5.41 Å². The topological polar surface area (TPSA) is 26.3 Å². The van der Waals surface area contributed by atoms with E-state index < -0.39 is 0 Å². The summed E-state index contributed by atoms with van der Waals surface area (Å²) in [6.07, 6.45) is 0. The summed E-state index contributed by atoms with van der Waals surface area (Å²) in [7, 11) is 2.19. The van der Waals surface area contributed by atoms with Crippen LogP contribution in [0.1, 0.15) is 34.6 Å². The zero-order valence-electron chi connectivity index (χ0n) is 11.1. The monoisotopic (exact) mass is 216 g/mol. The van der Waals surface area contributed by atoms with Crippen molar-refractivity contribution in [3.05, 3.63) is 0 Å². The number of nitrogens with zero attached hydrogens (tertiary/aromatic N) is 1. The van der Waals surface area contributed by atoms with E-state index >= 15 is 0 Å². The summed E-state index contributed by atoms with van der Waals surface area (Å²) in [6.45, 7) is 13.5. The molecule has 0 rings (SSSR count). The third kappa shape index (κ3) is 5.17. The molecule has 0 heterocycles. The van der Waals surface area contributed by atoms with Crippen molar-refractivity contribution in [1.29, 1.82) is 0 Å². The van der Waals surface area contributed by atoms with Crippen LogP contribution in [0.15, 0.2) is 0 Å². The van der Waals surface area contributed by atoms with Crippen molar-refractivity contribution in [2.24, 2.45) is 5.41 Å². The van der Waals surface area contributed by atoms with Crippen molar-refractivity contribution in [3.63, 3.8) is 0 Å². The highest BCUT2D eigenvalue weighted by atomic mass is 16.5. The number of hydrogen-bond acceptors (Lipinski definition) is 2. The molecule has 0 fully saturated rings. The van der Waals surface area contributed by atoms with Gasteiger partial charge >= 0.3 is 5.97 Å². The van der Waals surface area contributed by atoms with Gasteiger partial charge in [-0.05, 0) is 34.6 Å². The Morgan fingerprint density at radius 3 is 2.00 bits per heavy atom. The maximum Gasteiger partial charge on any atom is 0.311 e. The zero-order valence-corrected chi connectivity index (χ0v) is 11.1. The molecule has 0 N–H and O–H groups in total. The lowest BCUT2D eigenvalue weighted by atomic mass is 9.97. The van der Waals surface area contributed by atoms with Gasteiger partial charge in [0.2, 0.25) is 0 Å². The number of ether oxygens (including phenoxy) is 1. The Balaban J connectivity index is 3.94. The molecule has 3 heteroatoms. The molecule has 15 heavy (non-hydrogen) atoms. The van der Waals surface area contributed by atoms with Crippen LogP contribution in [0.4, 0.5) is 0 Å². The van der Waals surface area contributed by atoms with Gasteiger partial charge in [0, 0.05) is 0 Å². The standard InChI is InChI=1S/C12H26NO2/c1-7-13(6,8-2)9-10-15-11(14)12(3,4)5/h7-10H2,1-6H3/q+1. The lowest BCUT2D eigenvalue weighted by molar-refractivity contribution is -0.906. The number of carbonyl (C=O) groups excluding carboxylic acids is 1. The van der Waals surface area contributed by atoms with Crippen LogP contribution in [0.5, 0.6) is 0 Å². The SMILES string of the molecule is CC[N+](C)(CC)CCOC(=O)C(C)(C)C. The van der Waals surface area contributed by atoms with Crippen LogP contribution < -0.4 is 0 Å². The van der Waals surface area contributed by atoms with Crippen LogP contribution >= 0.6 is 0 Å². The average Bonchev–Trinajstić information content (AvgIpc) is 2.16. The van der Waals surface area contributed by atoms with E-state index in [0.29, 0.717) is 6.61 Å². The average molecular weight is 216 g/mol. The van der Waals surface area contributed by atoms with E-state index in [9.17, 15) is 4.79 Å². The minimum atomic E-state index is -0.387. The molecule has 0 saturated heterocycles. The fourth-order valence-corrected chi connectivity index (χ4v) is 1.12. The molecular weight excluding hydrogens is 190 g/mol. The molecule has 0 saturated carbocycles. The molecule has 0 amide bonds. The Kier molecular flexibility index (Phi) is 5.29. The van der Waals surface area contributed by atoms with Crippen molar-refractivity contribution in [2.45, 2.75) is 34.6 Å². The minimum absolute atomic E-state index is 0.110. The lowest BCUT2D eigenvalue weighted by Gasteiger charge is -2.32. The van der Waals surface area contributed by atoms with Gasteiger partial charge in [0.1, 0.15) is 13.2 Å². The van der Waals surface area contributed by atoms with Crippen molar-refractivity contribution in [3.8, 4) is 0 Å². The first kappa shape index (κ1) is 14.4. The largest absolute Gasteiger partial charge is 0.459 e. The zero-order chi connectivity index (χ0) is 12.1. The molecule has 3 nitrogen and oxygen atoms in total. The molecule has 90 valence electrons. The minimum Gasteiger partial charge on any atom is -0.459 e. The number of rotatable bonds is 5. The molecular formula is C12H26NO2+. The summed E-state index contributed by atoms with van der Waals surface area (Å²) in [5.74, 6) is -0.110. The van der Waals surface area contributed by atoms with E-state index in [2.05, 4.69) is 20.9 Å². The second-order valence-electron chi connectivity index (χ2n) is 5.36. The third-order valence-electron chi connectivity index (χ3n) is 3.00. The van der Waals surface area contributed by atoms with Crippen molar-refractivity contribution in [2.75, 3.05) is 33.3 Å². The number of likely N-dealkylation sites (N-methyl/N-ethyl adjacent to an activating group) is 1. The highest BCUT2D eigenvalue weighted by molar-refractivity contribution is 5.75. The first-order valence-electron chi connectivity index (χ1n) is 5.76. The van der Waals surface area contributed by atoms with Gasteiger partial charge in [-0.15, -0.1) is 0 Å². The Morgan fingerprint density at radius 2 is 1.67 bits per heavy atom. The molecule has 0 aromatic rings. The van der Waals surface area contributed by atoms with Gasteiger partial charge in [0.25, 0.3) is 0 Å². The second-order valence-corrected chi connectivity index (χ2v) is 5.36. The smallest absolute Gasteiger partial charge is 0.311 e. The fourth-order valence-electron chi connectivity index (χ4n) is 1.12. The van der Waals surface area contributed by atoms with Crippen molar-refractivity contribution >= 4 is 5.97 Å². The Bertz CT molecular complexity index is 202. The first-order valence-corrected chi connectivity index (χ1v) is 5.76. The Labute approximate surface area is 94.0 Å². The van der Waals surface area contributed by atoms with E-state index in [1.165, 1.54) is 0 Å². The van der Waals surface area contributed by atoms with E-state index in [0.717, 1.165) is 24.1 Å². The number of quaternary nitrogens is 1. The van der Waals surface area contributed by atoms with Gasteiger partial charge in [0.05, 0.1) is 25.6 Å². The molecule has 0 bridgehead atoms. The third-order valence-corrected chi connectivity index (χ3v) is 3.00. The summed E-state index contributed by atoms with van der Waals surface area (Å²) < 4.78 is 6.21. The van der Waals surface area contributed by atoms with Crippen LogP contribution in [0.2, 0.25) is 0 Å². The van der Waals surface area contributed by atoms with Gasteiger partial charge < -0.3 is 9.22 Å². The van der Waals surface area contributed by atoms with Crippen molar-refractivity contribution in [1.82, 2.24) is 0 Å². The first-order chi connectivity index (χ1) is 6.75. The van der Waals surface area contributed by atoms with Crippen LogP contribution in [-0.2, 0) is 9.53 Å². The Hall–Kier alpha value is -0.570.